The van der Waals surface area contributed by atoms with Gasteiger partial charge in [-0.3, -0.25) is 9.89 Å². The number of H-pyrrole nitrogens is 1. The summed E-state index contributed by atoms with van der Waals surface area (Å²) in [7, 11) is 0. The first kappa shape index (κ1) is 15.7. The van der Waals surface area contributed by atoms with Gasteiger partial charge in [-0.25, -0.2) is 9.97 Å². The lowest BCUT2D eigenvalue weighted by molar-refractivity contribution is -0.0270. The van der Waals surface area contributed by atoms with Crippen molar-refractivity contribution in [2.75, 3.05) is 19.7 Å². The topological polar surface area (TPSA) is 84.0 Å². The molecule has 0 spiro atoms. The van der Waals surface area contributed by atoms with Gasteiger partial charge in [-0.15, -0.1) is 0 Å². The second kappa shape index (κ2) is 6.25. The summed E-state index contributed by atoms with van der Waals surface area (Å²) < 4.78 is 5.81. The van der Waals surface area contributed by atoms with E-state index in [9.17, 15) is 4.79 Å². The molecule has 1 aromatic carbocycles. The SMILES string of the molecule is Cc1cc(C)nc(C2CN(C(=O)c3n[nH]c4ccccc34)CCO2)n1. The van der Waals surface area contributed by atoms with Crippen LogP contribution in [0.4, 0.5) is 0 Å². The molecule has 2 aromatic heterocycles. The molecule has 0 radical (unpaired) electrons. The zero-order valence-electron chi connectivity index (χ0n) is 14.2. The fourth-order valence-corrected chi connectivity index (χ4v) is 3.16. The van der Waals surface area contributed by atoms with Crippen LogP contribution in [0.1, 0.15) is 33.8 Å². The first-order chi connectivity index (χ1) is 12.1. The van der Waals surface area contributed by atoms with Crippen LogP contribution in [0.2, 0.25) is 0 Å². The van der Waals surface area contributed by atoms with Crippen LogP contribution in [-0.4, -0.2) is 50.7 Å². The summed E-state index contributed by atoms with van der Waals surface area (Å²) in [6.45, 7) is 5.26. The van der Waals surface area contributed by atoms with Gasteiger partial charge in [-0.2, -0.15) is 5.10 Å². The highest BCUT2D eigenvalue weighted by atomic mass is 16.5. The summed E-state index contributed by atoms with van der Waals surface area (Å²) in [5.41, 5.74) is 3.09. The molecular weight excluding hydrogens is 318 g/mol. The molecule has 1 amide bonds. The Bertz CT molecular complexity index is 916. The largest absolute Gasteiger partial charge is 0.367 e. The van der Waals surface area contributed by atoms with E-state index in [0.717, 1.165) is 22.3 Å². The lowest BCUT2D eigenvalue weighted by Gasteiger charge is -2.32. The zero-order chi connectivity index (χ0) is 17.4. The van der Waals surface area contributed by atoms with Crippen LogP contribution >= 0.6 is 0 Å². The van der Waals surface area contributed by atoms with Crippen molar-refractivity contribution in [3.8, 4) is 0 Å². The maximum atomic E-state index is 12.9. The molecule has 7 nitrogen and oxygen atoms in total. The molecular formula is C18H19N5O2. The monoisotopic (exact) mass is 337 g/mol. The minimum absolute atomic E-state index is 0.102. The number of nitrogens with zero attached hydrogens (tertiary/aromatic N) is 4. The summed E-state index contributed by atoms with van der Waals surface area (Å²) in [4.78, 5) is 23.6. The van der Waals surface area contributed by atoms with E-state index < -0.39 is 0 Å². The number of hydrogen-bond acceptors (Lipinski definition) is 5. The van der Waals surface area contributed by atoms with Crippen molar-refractivity contribution >= 4 is 16.8 Å². The number of aromatic amines is 1. The van der Waals surface area contributed by atoms with Gasteiger partial charge in [0, 0.05) is 23.3 Å². The number of ether oxygens (including phenoxy) is 1. The summed E-state index contributed by atoms with van der Waals surface area (Å²) in [6.07, 6.45) is -0.318. The highest BCUT2D eigenvalue weighted by Crippen LogP contribution is 2.23. The standard InChI is InChI=1S/C18H19N5O2/c1-11-9-12(2)20-17(19-11)15-10-23(7-8-25-15)18(24)16-13-5-3-4-6-14(13)21-22-16/h3-6,9,15H,7-8,10H2,1-2H3,(H,21,22). The Hall–Kier alpha value is -2.80. The van der Waals surface area contributed by atoms with Crippen molar-refractivity contribution in [2.45, 2.75) is 20.0 Å². The Balaban J connectivity index is 1.59. The van der Waals surface area contributed by atoms with E-state index in [2.05, 4.69) is 20.2 Å². The molecule has 0 aliphatic carbocycles. The van der Waals surface area contributed by atoms with Gasteiger partial charge in [0.05, 0.1) is 18.7 Å². The van der Waals surface area contributed by atoms with Gasteiger partial charge in [-0.05, 0) is 26.0 Å². The normalized spacial score (nSPS) is 17.8. The van der Waals surface area contributed by atoms with E-state index in [1.54, 1.807) is 4.90 Å². The third-order valence-electron chi connectivity index (χ3n) is 4.31. The molecule has 3 heterocycles. The Morgan fingerprint density at radius 3 is 2.80 bits per heavy atom. The van der Waals surface area contributed by atoms with Gasteiger partial charge >= 0.3 is 0 Å². The van der Waals surface area contributed by atoms with Crippen LogP contribution in [0.25, 0.3) is 10.9 Å². The number of carbonyl (C=O) groups excluding carboxylic acids is 1. The molecule has 1 atom stereocenters. The van der Waals surface area contributed by atoms with E-state index in [0.29, 0.717) is 31.2 Å². The Morgan fingerprint density at radius 2 is 2.00 bits per heavy atom. The number of amides is 1. The molecule has 1 saturated heterocycles. The molecule has 25 heavy (non-hydrogen) atoms. The molecule has 0 bridgehead atoms. The van der Waals surface area contributed by atoms with Crippen LogP contribution in [0.5, 0.6) is 0 Å². The van der Waals surface area contributed by atoms with Crippen LogP contribution in [0, 0.1) is 13.8 Å². The molecule has 3 aromatic rings. The fourth-order valence-electron chi connectivity index (χ4n) is 3.16. The minimum Gasteiger partial charge on any atom is -0.367 e. The molecule has 1 fully saturated rings. The maximum Gasteiger partial charge on any atom is 0.275 e. The van der Waals surface area contributed by atoms with Crippen molar-refractivity contribution < 1.29 is 9.53 Å². The maximum absolute atomic E-state index is 12.9. The van der Waals surface area contributed by atoms with Crippen molar-refractivity contribution in [1.29, 1.82) is 0 Å². The lowest BCUT2D eigenvalue weighted by Crippen LogP contribution is -2.43. The zero-order valence-corrected chi connectivity index (χ0v) is 14.2. The summed E-state index contributed by atoms with van der Waals surface area (Å²) >= 11 is 0. The van der Waals surface area contributed by atoms with E-state index in [1.165, 1.54) is 0 Å². The van der Waals surface area contributed by atoms with Gasteiger partial charge in [0.2, 0.25) is 0 Å². The Kier molecular flexibility index (Phi) is 3.93. The summed E-state index contributed by atoms with van der Waals surface area (Å²) in [5, 5.41) is 7.95. The van der Waals surface area contributed by atoms with Crippen molar-refractivity contribution in [3.63, 3.8) is 0 Å². The van der Waals surface area contributed by atoms with E-state index >= 15 is 0 Å². The van der Waals surface area contributed by atoms with Crippen LogP contribution in [0.3, 0.4) is 0 Å². The third-order valence-corrected chi connectivity index (χ3v) is 4.31. The van der Waals surface area contributed by atoms with Crippen molar-refractivity contribution in [1.82, 2.24) is 25.1 Å². The predicted molar refractivity (Wildman–Crippen MR) is 92.2 cm³/mol. The van der Waals surface area contributed by atoms with Gasteiger partial charge in [0.25, 0.3) is 5.91 Å². The number of fused-ring (bicyclic) bond motifs is 1. The number of carbonyl (C=O) groups is 1. The number of para-hydroxylation sites is 1. The number of morpholine rings is 1. The van der Waals surface area contributed by atoms with Gasteiger partial charge in [0.1, 0.15) is 6.10 Å². The molecule has 7 heteroatoms. The van der Waals surface area contributed by atoms with Crippen molar-refractivity contribution in [2.24, 2.45) is 0 Å². The van der Waals surface area contributed by atoms with Gasteiger partial charge in [0.15, 0.2) is 11.5 Å². The predicted octanol–water partition coefficient (Wildman–Crippen LogP) is 2.18. The molecule has 1 N–H and O–H groups in total. The molecule has 4 rings (SSSR count). The molecule has 0 saturated carbocycles. The Morgan fingerprint density at radius 1 is 1.24 bits per heavy atom. The first-order valence-corrected chi connectivity index (χ1v) is 8.28. The highest BCUT2D eigenvalue weighted by molar-refractivity contribution is 6.04. The third kappa shape index (κ3) is 2.98. The average Bonchev–Trinajstić information content (AvgIpc) is 3.04. The quantitative estimate of drug-likeness (QED) is 0.775. The number of hydrogen-bond donors (Lipinski definition) is 1. The number of nitrogens with one attached hydrogen (secondary N) is 1. The number of benzene rings is 1. The smallest absolute Gasteiger partial charge is 0.275 e. The second-order valence-electron chi connectivity index (χ2n) is 6.24. The number of aromatic nitrogens is 4. The molecule has 1 unspecified atom stereocenters. The number of rotatable bonds is 2. The summed E-state index contributed by atoms with van der Waals surface area (Å²) in [6, 6.07) is 9.55. The van der Waals surface area contributed by atoms with Gasteiger partial charge < -0.3 is 9.64 Å². The van der Waals surface area contributed by atoms with E-state index in [4.69, 9.17) is 4.74 Å². The second-order valence-corrected chi connectivity index (χ2v) is 6.24. The fraction of sp³-hybridized carbons (Fsp3) is 0.333. The van der Waals surface area contributed by atoms with E-state index in [1.807, 2.05) is 44.2 Å². The Labute approximate surface area is 145 Å². The van der Waals surface area contributed by atoms with E-state index in [-0.39, 0.29) is 12.0 Å². The highest BCUT2D eigenvalue weighted by Gasteiger charge is 2.29. The summed E-state index contributed by atoms with van der Waals surface area (Å²) in [5.74, 6) is 0.525. The number of aryl methyl sites for hydroxylation is 2. The molecule has 128 valence electrons. The van der Waals surface area contributed by atoms with Crippen molar-refractivity contribution in [3.05, 3.63) is 53.2 Å². The van der Waals surface area contributed by atoms with Crippen LogP contribution in [0.15, 0.2) is 30.3 Å². The molecule has 1 aliphatic rings. The minimum atomic E-state index is -0.318. The van der Waals surface area contributed by atoms with Crippen LogP contribution < -0.4 is 0 Å². The van der Waals surface area contributed by atoms with Crippen LogP contribution in [-0.2, 0) is 4.74 Å². The van der Waals surface area contributed by atoms with Gasteiger partial charge in [-0.1, -0.05) is 18.2 Å². The lowest BCUT2D eigenvalue weighted by atomic mass is 10.1. The molecule has 1 aliphatic heterocycles. The first-order valence-electron chi connectivity index (χ1n) is 8.28. The average molecular weight is 337 g/mol.